The smallest absolute Gasteiger partial charge is 0.318 e. The minimum Gasteiger partial charge on any atom is -0.337 e. The number of urea groups is 1. The van der Waals surface area contributed by atoms with Crippen LogP contribution in [-0.2, 0) is 6.42 Å². The number of nitrogens with zero attached hydrogens (tertiary/aromatic N) is 4. The van der Waals surface area contributed by atoms with Crippen molar-refractivity contribution >= 4 is 12.0 Å². The Bertz CT molecular complexity index is 724. The molecule has 1 fully saturated rings. The van der Waals surface area contributed by atoms with E-state index in [1.165, 1.54) is 5.56 Å². The monoisotopic (exact) mass is 367 g/mol. The summed E-state index contributed by atoms with van der Waals surface area (Å²) >= 11 is 0. The van der Waals surface area contributed by atoms with E-state index in [2.05, 4.69) is 65.2 Å². The van der Waals surface area contributed by atoms with Gasteiger partial charge in [-0.25, -0.2) is 14.8 Å². The molecular formula is C21H29N5O. The molecule has 0 saturated carbocycles. The van der Waals surface area contributed by atoms with E-state index in [-0.39, 0.29) is 12.1 Å². The number of aromatic nitrogens is 2. The molecule has 3 rings (SSSR count). The Morgan fingerprint density at radius 3 is 2.26 bits per heavy atom. The number of hydrogen-bond donors (Lipinski definition) is 1. The second-order valence-corrected chi connectivity index (χ2v) is 7.29. The third-order valence-corrected chi connectivity index (χ3v) is 5.09. The van der Waals surface area contributed by atoms with Gasteiger partial charge in [0.15, 0.2) is 0 Å². The predicted octanol–water partition coefficient (Wildman–Crippen LogP) is 3.27. The number of rotatable bonds is 5. The molecule has 0 spiro atoms. The second-order valence-electron chi connectivity index (χ2n) is 7.29. The van der Waals surface area contributed by atoms with Crippen LogP contribution in [0.5, 0.6) is 0 Å². The summed E-state index contributed by atoms with van der Waals surface area (Å²) in [6.45, 7) is 9.26. The van der Waals surface area contributed by atoms with Crippen LogP contribution in [0.4, 0.5) is 10.7 Å². The maximum absolute atomic E-state index is 12.8. The lowest BCUT2D eigenvalue weighted by atomic mass is 9.95. The van der Waals surface area contributed by atoms with Crippen molar-refractivity contribution in [2.24, 2.45) is 5.92 Å². The molecule has 2 aromatic rings. The highest BCUT2D eigenvalue weighted by atomic mass is 16.2. The standard InChI is InChI=1S/C21H29N5O/c1-4-17-6-8-18(9-7-17)19(16(2)3)24-21(27)26-14-12-25(13-15-26)20-22-10-5-11-23-20/h5-11,16,19H,4,12-15H2,1-3H3,(H,24,27). The SMILES string of the molecule is CCc1ccc(C(NC(=O)N2CCN(c3ncccn3)CC2)C(C)C)cc1. The summed E-state index contributed by atoms with van der Waals surface area (Å²) in [5.74, 6) is 1.05. The van der Waals surface area contributed by atoms with Crippen LogP contribution in [0, 0.1) is 5.92 Å². The van der Waals surface area contributed by atoms with Gasteiger partial charge in [-0.3, -0.25) is 0 Å². The average Bonchev–Trinajstić information content (AvgIpc) is 2.72. The van der Waals surface area contributed by atoms with Crippen LogP contribution < -0.4 is 10.2 Å². The number of benzene rings is 1. The number of carbonyl (C=O) groups is 1. The summed E-state index contributed by atoms with van der Waals surface area (Å²) < 4.78 is 0. The first-order valence-electron chi connectivity index (χ1n) is 9.74. The van der Waals surface area contributed by atoms with Crippen LogP contribution in [0.1, 0.15) is 37.9 Å². The molecule has 6 nitrogen and oxygen atoms in total. The summed E-state index contributed by atoms with van der Waals surface area (Å²) in [7, 11) is 0. The van der Waals surface area contributed by atoms with Crippen LogP contribution in [-0.4, -0.2) is 47.1 Å². The summed E-state index contributed by atoms with van der Waals surface area (Å²) in [5.41, 5.74) is 2.47. The van der Waals surface area contributed by atoms with Crippen LogP contribution >= 0.6 is 0 Å². The number of carbonyl (C=O) groups excluding carboxylic acids is 1. The van der Waals surface area contributed by atoms with Gasteiger partial charge in [0.1, 0.15) is 0 Å². The Kier molecular flexibility index (Phi) is 6.27. The number of anilines is 1. The zero-order chi connectivity index (χ0) is 19.2. The Balaban J connectivity index is 1.59. The largest absolute Gasteiger partial charge is 0.337 e. The van der Waals surface area contributed by atoms with Crippen molar-refractivity contribution in [2.45, 2.75) is 33.2 Å². The van der Waals surface area contributed by atoms with Crippen molar-refractivity contribution in [3.8, 4) is 0 Å². The van der Waals surface area contributed by atoms with Crippen LogP contribution in [0.25, 0.3) is 0 Å². The molecule has 1 unspecified atom stereocenters. The fourth-order valence-corrected chi connectivity index (χ4v) is 3.38. The van der Waals surface area contributed by atoms with Crippen molar-refractivity contribution < 1.29 is 4.79 Å². The Morgan fingerprint density at radius 1 is 1.07 bits per heavy atom. The van der Waals surface area contributed by atoms with Gasteiger partial charge in [-0.15, -0.1) is 0 Å². The zero-order valence-corrected chi connectivity index (χ0v) is 16.4. The molecule has 1 aliphatic heterocycles. The van der Waals surface area contributed by atoms with Gasteiger partial charge >= 0.3 is 6.03 Å². The molecule has 0 bridgehead atoms. The van der Waals surface area contributed by atoms with Gasteiger partial charge in [-0.2, -0.15) is 0 Å². The van der Waals surface area contributed by atoms with Gasteiger partial charge in [-0.05, 0) is 29.5 Å². The maximum atomic E-state index is 12.8. The highest BCUT2D eigenvalue weighted by Crippen LogP contribution is 2.23. The Hall–Kier alpha value is -2.63. The van der Waals surface area contributed by atoms with Crippen molar-refractivity contribution in [3.63, 3.8) is 0 Å². The van der Waals surface area contributed by atoms with E-state index in [9.17, 15) is 4.79 Å². The number of nitrogens with one attached hydrogen (secondary N) is 1. The molecule has 0 radical (unpaired) electrons. The van der Waals surface area contributed by atoms with Crippen molar-refractivity contribution in [3.05, 3.63) is 53.9 Å². The van der Waals surface area contributed by atoms with Crippen LogP contribution in [0.15, 0.2) is 42.7 Å². The number of aryl methyl sites for hydroxylation is 1. The normalized spacial score (nSPS) is 15.7. The fraction of sp³-hybridized carbons (Fsp3) is 0.476. The summed E-state index contributed by atoms with van der Waals surface area (Å²) in [4.78, 5) is 25.4. The lowest BCUT2D eigenvalue weighted by Crippen LogP contribution is -2.53. The van der Waals surface area contributed by atoms with E-state index < -0.39 is 0 Å². The summed E-state index contributed by atoms with van der Waals surface area (Å²) in [6.07, 6.45) is 4.52. The predicted molar refractivity (Wildman–Crippen MR) is 108 cm³/mol. The molecule has 1 aliphatic rings. The van der Waals surface area contributed by atoms with Gasteiger partial charge < -0.3 is 15.1 Å². The quantitative estimate of drug-likeness (QED) is 0.881. The van der Waals surface area contributed by atoms with Crippen LogP contribution in [0.2, 0.25) is 0 Å². The third-order valence-electron chi connectivity index (χ3n) is 5.09. The van der Waals surface area contributed by atoms with Crippen molar-refractivity contribution in [2.75, 3.05) is 31.1 Å². The Morgan fingerprint density at radius 2 is 1.70 bits per heavy atom. The molecule has 144 valence electrons. The van der Waals surface area contributed by atoms with E-state index in [1.807, 2.05) is 11.0 Å². The molecule has 0 aliphatic carbocycles. The van der Waals surface area contributed by atoms with E-state index in [4.69, 9.17) is 0 Å². The van der Waals surface area contributed by atoms with E-state index in [1.54, 1.807) is 12.4 Å². The fourth-order valence-electron chi connectivity index (χ4n) is 3.38. The summed E-state index contributed by atoms with van der Waals surface area (Å²) in [5, 5.41) is 3.23. The molecule has 1 saturated heterocycles. The summed E-state index contributed by atoms with van der Waals surface area (Å²) in [6, 6.07) is 10.4. The molecular weight excluding hydrogens is 338 g/mol. The minimum atomic E-state index is 0.00176. The van der Waals surface area contributed by atoms with Gasteiger partial charge in [0.2, 0.25) is 5.95 Å². The molecule has 6 heteroatoms. The van der Waals surface area contributed by atoms with Crippen molar-refractivity contribution in [1.29, 1.82) is 0 Å². The van der Waals surface area contributed by atoms with E-state index >= 15 is 0 Å². The first-order valence-corrected chi connectivity index (χ1v) is 9.74. The molecule has 1 atom stereocenters. The highest BCUT2D eigenvalue weighted by Gasteiger charge is 2.25. The first-order chi connectivity index (χ1) is 13.1. The average molecular weight is 367 g/mol. The lowest BCUT2D eigenvalue weighted by Gasteiger charge is -2.36. The van der Waals surface area contributed by atoms with Gasteiger partial charge in [0, 0.05) is 38.6 Å². The van der Waals surface area contributed by atoms with Gasteiger partial charge in [0.05, 0.1) is 6.04 Å². The van der Waals surface area contributed by atoms with E-state index in [0.717, 1.165) is 31.0 Å². The molecule has 1 aromatic carbocycles. The van der Waals surface area contributed by atoms with E-state index in [0.29, 0.717) is 19.0 Å². The van der Waals surface area contributed by atoms with Crippen LogP contribution in [0.3, 0.4) is 0 Å². The third kappa shape index (κ3) is 4.76. The molecule has 1 aromatic heterocycles. The minimum absolute atomic E-state index is 0.00176. The second kappa shape index (κ2) is 8.84. The molecule has 27 heavy (non-hydrogen) atoms. The molecule has 2 amide bonds. The Labute approximate surface area is 161 Å². The highest BCUT2D eigenvalue weighted by molar-refractivity contribution is 5.75. The maximum Gasteiger partial charge on any atom is 0.318 e. The molecule has 1 N–H and O–H groups in total. The molecule has 2 heterocycles. The topological polar surface area (TPSA) is 61.4 Å². The first kappa shape index (κ1) is 19.1. The lowest BCUT2D eigenvalue weighted by molar-refractivity contribution is 0.186. The van der Waals surface area contributed by atoms with Gasteiger partial charge in [-0.1, -0.05) is 45.0 Å². The number of hydrogen-bond acceptors (Lipinski definition) is 4. The van der Waals surface area contributed by atoms with Gasteiger partial charge in [0.25, 0.3) is 0 Å². The van der Waals surface area contributed by atoms with Crippen molar-refractivity contribution in [1.82, 2.24) is 20.2 Å². The zero-order valence-electron chi connectivity index (χ0n) is 16.4. The number of piperazine rings is 1. The number of amides is 2.